The molecule has 0 unspecified atom stereocenters. The van der Waals surface area contributed by atoms with Gasteiger partial charge >= 0.3 is 0 Å². The van der Waals surface area contributed by atoms with Crippen LogP contribution in [0.3, 0.4) is 0 Å². The van der Waals surface area contributed by atoms with Crippen molar-refractivity contribution in [3.8, 4) is 17.7 Å². The lowest BCUT2D eigenvalue weighted by Crippen LogP contribution is -2.26. The molecular formula is C32H32F2N4O2. The van der Waals surface area contributed by atoms with Crippen LogP contribution in [-0.2, 0) is 11.3 Å². The van der Waals surface area contributed by atoms with Gasteiger partial charge in [0.25, 0.3) is 12.3 Å². The molecule has 1 amide bonds. The average Bonchev–Trinajstić information content (AvgIpc) is 3.57. The van der Waals surface area contributed by atoms with Crippen molar-refractivity contribution in [2.24, 2.45) is 4.99 Å². The molecular weight excluding hydrogens is 510 g/mol. The number of amides is 1. The molecule has 0 atom stereocenters. The fourth-order valence-electron chi connectivity index (χ4n) is 4.71. The molecule has 1 aliphatic rings. The lowest BCUT2D eigenvalue weighted by Gasteiger charge is -2.14. The van der Waals surface area contributed by atoms with Crippen molar-refractivity contribution in [2.45, 2.75) is 33.2 Å². The number of hydrogen-bond acceptors (Lipinski definition) is 4. The van der Waals surface area contributed by atoms with E-state index in [2.05, 4.69) is 39.2 Å². The van der Waals surface area contributed by atoms with Gasteiger partial charge in [-0.1, -0.05) is 61.9 Å². The molecule has 0 saturated carbocycles. The van der Waals surface area contributed by atoms with Gasteiger partial charge in [0.2, 0.25) is 0 Å². The summed E-state index contributed by atoms with van der Waals surface area (Å²) in [7, 11) is 0. The van der Waals surface area contributed by atoms with E-state index in [9.17, 15) is 18.7 Å². The second-order valence-corrected chi connectivity index (χ2v) is 9.44. The number of aromatic nitrogens is 1. The number of aromatic amines is 1. The zero-order valence-corrected chi connectivity index (χ0v) is 21.3. The topological polar surface area (TPSA) is 80.7 Å². The maximum absolute atomic E-state index is 12.3. The van der Waals surface area contributed by atoms with Crippen LogP contribution in [0.1, 0.15) is 42.5 Å². The fraction of sp³-hybridized carbons (Fsp3) is 0.250. The first kappa shape index (κ1) is 28.5. The highest BCUT2D eigenvalue weighted by atomic mass is 19.3. The Morgan fingerprint density at radius 2 is 1.77 bits per heavy atom. The minimum absolute atomic E-state index is 0. The minimum Gasteiger partial charge on any atom is -0.494 e. The molecule has 1 fully saturated rings. The fourth-order valence-corrected chi connectivity index (χ4v) is 4.71. The summed E-state index contributed by atoms with van der Waals surface area (Å²) < 4.78 is 24.6. The second-order valence-electron chi connectivity index (χ2n) is 9.44. The maximum Gasteiger partial charge on any atom is 0.296 e. The third kappa shape index (κ3) is 6.93. The van der Waals surface area contributed by atoms with Crippen LogP contribution in [0.5, 0.6) is 5.88 Å². The second kappa shape index (κ2) is 13.0. The van der Waals surface area contributed by atoms with Crippen LogP contribution in [0, 0.1) is 11.8 Å². The van der Waals surface area contributed by atoms with Gasteiger partial charge in [-0.2, -0.15) is 0 Å². The Bertz CT molecular complexity index is 1550. The summed E-state index contributed by atoms with van der Waals surface area (Å²) in [5.41, 5.74) is 5.10. The number of aromatic hydroxyl groups is 1. The number of nitrogens with one attached hydrogen (secondary N) is 2. The molecule has 4 aromatic rings. The van der Waals surface area contributed by atoms with E-state index in [0.717, 1.165) is 36.3 Å². The van der Waals surface area contributed by atoms with E-state index in [-0.39, 0.29) is 13.3 Å². The molecule has 0 radical (unpaired) electrons. The first-order valence-corrected chi connectivity index (χ1v) is 12.8. The van der Waals surface area contributed by atoms with Gasteiger partial charge < -0.3 is 15.4 Å². The van der Waals surface area contributed by atoms with Gasteiger partial charge in [0.15, 0.2) is 5.88 Å². The summed E-state index contributed by atoms with van der Waals surface area (Å²) in [6.45, 7) is 2.45. The summed E-state index contributed by atoms with van der Waals surface area (Å²) in [5.74, 6) is 4.17. The zero-order valence-electron chi connectivity index (χ0n) is 21.3. The molecule has 8 heteroatoms. The number of halogens is 2. The van der Waals surface area contributed by atoms with Crippen molar-refractivity contribution >= 4 is 28.2 Å². The molecule has 1 aromatic heterocycles. The zero-order chi connectivity index (χ0) is 27.2. The lowest BCUT2D eigenvalue weighted by molar-refractivity contribution is -0.116. The number of carbonyl (C=O) groups is 1. The summed E-state index contributed by atoms with van der Waals surface area (Å²) in [6, 6.07) is 23.0. The first-order chi connectivity index (χ1) is 19.0. The Balaban J connectivity index is 0.00000370. The van der Waals surface area contributed by atoms with Gasteiger partial charge in [-0.05, 0) is 55.8 Å². The molecule has 0 bridgehead atoms. The van der Waals surface area contributed by atoms with Gasteiger partial charge in [-0.25, -0.2) is 13.8 Å². The van der Waals surface area contributed by atoms with Crippen molar-refractivity contribution in [1.82, 2.24) is 15.2 Å². The Hall–Kier alpha value is -4.48. The first-order valence-electron chi connectivity index (χ1n) is 12.8. The SMILES string of the molecule is C.O=C(C#Cc1ccc2c(C(=Nc3ccc(CN4CCCC4)cc3)c3ccccc3)c(O)[nH]c2c1)NCC(F)F. The Labute approximate surface area is 232 Å². The molecule has 206 valence electrons. The minimum atomic E-state index is -2.64. The quantitative estimate of drug-likeness (QED) is 0.198. The van der Waals surface area contributed by atoms with Crippen molar-refractivity contribution in [3.05, 3.63) is 95.1 Å². The Morgan fingerprint density at radius 3 is 2.48 bits per heavy atom. The van der Waals surface area contributed by atoms with E-state index in [1.54, 1.807) is 18.2 Å². The van der Waals surface area contributed by atoms with E-state index in [0.29, 0.717) is 22.4 Å². The summed E-state index contributed by atoms with van der Waals surface area (Å²) >= 11 is 0. The number of hydrogen-bond donors (Lipinski definition) is 3. The maximum atomic E-state index is 12.3. The number of benzene rings is 3. The molecule has 6 nitrogen and oxygen atoms in total. The smallest absolute Gasteiger partial charge is 0.296 e. The molecule has 0 aliphatic carbocycles. The molecule has 5 rings (SSSR count). The molecule has 40 heavy (non-hydrogen) atoms. The normalized spacial score (nSPS) is 13.6. The van der Waals surface area contributed by atoms with Gasteiger partial charge in [0.1, 0.15) is 0 Å². The number of alkyl halides is 2. The van der Waals surface area contributed by atoms with Crippen molar-refractivity contribution in [2.75, 3.05) is 19.6 Å². The van der Waals surface area contributed by atoms with Crippen molar-refractivity contribution in [3.63, 3.8) is 0 Å². The van der Waals surface area contributed by atoms with E-state index in [4.69, 9.17) is 4.99 Å². The highest BCUT2D eigenvalue weighted by Gasteiger charge is 2.19. The van der Waals surface area contributed by atoms with Crippen molar-refractivity contribution in [1.29, 1.82) is 0 Å². The highest BCUT2D eigenvalue weighted by Crippen LogP contribution is 2.32. The van der Waals surface area contributed by atoms with Crippen LogP contribution in [0.25, 0.3) is 10.9 Å². The van der Waals surface area contributed by atoms with Gasteiger partial charge in [-0.15, -0.1) is 0 Å². The van der Waals surface area contributed by atoms with E-state index in [1.165, 1.54) is 18.4 Å². The van der Waals surface area contributed by atoms with Crippen molar-refractivity contribution < 1.29 is 18.7 Å². The average molecular weight is 543 g/mol. The third-order valence-electron chi connectivity index (χ3n) is 6.58. The van der Waals surface area contributed by atoms with E-state index >= 15 is 0 Å². The van der Waals surface area contributed by atoms with Crippen LogP contribution >= 0.6 is 0 Å². The predicted molar refractivity (Wildman–Crippen MR) is 155 cm³/mol. The molecule has 3 N–H and O–H groups in total. The molecule has 2 heterocycles. The number of aliphatic imine (C=N–C) groups is 1. The predicted octanol–water partition coefficient (Wildman–Crippen LogP) is 6.01. The van der Waals surface area contributed by atoms with Gasteiger partial charge in [0, 0.05) is 29.0 Å². The third-order valence-corrected chi connectivity index (χ3v) is 6.58. The summed E-state index contributed by atoms with van der Waals surface area (Å²) in [5, 5.41) is 13.7. The number of nitrogens with zero attached hydrogens (tertiary/aromatic N) is 2. The highest BCUT2D eigenvalue weighted by molar-refractivity contribution is 6.22. The number of rotatable bonds is 7. The number of H-pyrrole nitrogens is 1. The summed E-state index contributed by atoms with van der Waals surface area (Å²) in [4.78, 5) is 22.1. The molecule has 1 aliphatic heterocycles. The molecule has 3 aromatic carbocycles. The van der Waals surface area contributed by atoms with Gasteiger partial charge in [-0.3, -0.25) is 9.69 Å². The van der Waals surface area contributed by atoms with Gasteiger partial charge in [0.05, 0.1) is 29.0 Å². The number of fused-ring (bicyclic) bond motifs is 1. The molecule has 1 saturated heterocycles. The Morgan fingerprint density at radius 1 is 1.05 bits per heavy atom. The monoisotopic (exact) mass is 542 g/mol. The van der Waals surface area contributed by atoms with E-state index in [1.807, 2.05) is 42.5 Å². The van der Waals surface area contributed by atoms with Crippen LogP contribution in [-0.4, -0.2) is 52.7 Å². The number of likely N-dealkylation sites (tertiary alicyclic amines) is 1. The molecule has 0 spiro atoms. The van der Waals surface area contributed by atoms with Crippen LogP contribution in [0.2, 0.25) is 0 Å². The Kier molecular flexibility index (Phi) is 9.31. The van der Waals surface area contributed by atoms with Crippen LogP contribution in [0.4, 0.5) is 14.5 Å². The van der Waals surface area contributed by atoms with E-state index < -0.39 is 18.9 Å². The van der Waals surface area contributed by atoms with Crippen LogP contribution < -0.4 is 5.32 Å². The van der Waals surface area contributed by atoms with Crippen LogP contribution in [0.15, 0.2) is 77.8 Å². The standard InChI is InChI=1S/C31H28F2N4O2.CH4/c32-27(33)19-34-28(38)15-11-21-10-14-25-26(18-21)36-31(39)29(25)30(23-6-2-1-3-7-23)35-24-12-8-22(9-13-24)20-37-16-4-5-17-37;/h1-3,6-10,12-14,18,27,36,39H,4-5,16-17,19-20H2,(H,34,38);1H4. The summed E-state index contributed by atoms with van der Waals surface area (Å²) in [6.07, 6.45) is -0.135. The lowest BCUT2D eigenvalue weighted by atomic mass is 10.00. The largest absolute Gasteiger partial charge is 0.494 e. The number of carbonyl (C=O) groups excluding carboxylic acids is 1.